The van der Waals surface area contributed by atoms with Crippen LogP contribution in [0, 0.1) is 5.92 Å². The van der Waals surface area contributed by atoms with Crippen LogP contribution in [0.15, 0.2) is 4.99 Å². The first-order chi connectivity index (χ1) is 7.15. The molecular weight excluding hydrogens is 192 g/mol. The Morgan fingerprint density at radius 2 is 2.07 bits per heavy atom. The van der Waals surface area contributed by atoms with Crippen molar-refractivity contribution in [1.82, 2.24) is 5.32 Å². The standard InChI is InChI=1S/C11H20N2O2/c1-8(9(2)12-3)11(14)13-10-4-6-15-7-5-10/h8,10H,4-7H2,1-3H3,(H,13,14). The lowest BCUT2D eigenvalue weighted by molar-refractivity contribution is -0.123. The van der Waals surface area contributed by atoms with Crippen LogP contribution < -0.4 is 5.32 Å². The van der Waals surface area contributed by atoms with Gasteiger partial charge in [0.1, 0.15) is 0 Å². The molecule has 86 valence electrons. The van der Waals surface area contributed by atoms with Gasteiger partial charge in [-0.1, -0.05) is 0 Å². The molecule has 1 aliphatic heterocycles. The van der Waals surface area contributed by atoms with E-state index in [-0.39, 0.29) is 17.9 Å². The van der Waals surface area contributed by atoms with Gasteiger partial charge in [0.2, 0.25) is 5.91 Å². The van der Waals surface area contributed by atoms with E-state index in [2.05, 4.69) is 10.3 Å². The fraction of sp³-hybridized carbons (Fsp3) is 0.818. The lowest BCUT2D eigenvalue weighted by Crippen LogP contribution is -2.42. The van der Waals surface area contributed by atoms with E-state index >= 15 is 0 Å². The van der Waals surface area contributed by atoms with Crippen molar-refractivity contribution >= 4 is 11.6 Å². The number of hydrogen-bond donors (Lipinski definition) is 1. The number of carbonyl (C=O) groups is 1. The monoisotopic (exact) mass is 212 g/mol. The predicted molar refractivity (Wildman–Crippen MR) is 60.2 cm³/mol. The summed E-state index contributed by atoms with van der Waals surface area (Å²) in [5, 5.41) is 3.03. The summed E-state index contributed by atoms with van der Waals surface area (Å²) in [5.41, 5.74) is 0.875. The van der Waals surface area contributed by atoms with Crippen molar-refractivity contribution in [2.24, 2.45) is 10.9 Å². The van der Waals surface area contributed by atoms with Gasteiger partial charge in [0.05, 0.1) is 5.92 Å². The Labute approximate surface area is 91.1 Å². The van der Waals surface area contributed by atoms with Crippen molar-refractivity contribution in [3.05, 3.63) is 0 Å². The van der Waals surface area contributed by atoms with Gasteiger partial charge in [-0.25, -0.2) is 0 Å². The van der Waals surface area contributed by atoms with E-state index in [1.807, 2.05) is 13.8 Å². The summed E-state index contributed by atoms with van der Waals surface area (Å²) in [6.45, 7) is 5.27. The Balaban J connectivity index is 2.40. The summed E-state index contributed by atoms with van der Waals surface area (Å²) in [5.74, 6) is -0.0529. The smallest absolute Gasteiger partial charge is 0.228 e. The molecule has 1 rings (SSSR count). The topological polar surface area (TPSA) is 50.7 Å². The first kappa shape index (κ1) is 12.2. The van der Waals surface area contributed by atoms with Crippen LogP contribution in [0.1, 0.15) is 26.7 Å². The number of nitrogens with one attached hydrogen (secondary N) is 1. The van der Waals surface area contributed by atoms with Gasteiger partial charge in [-0.05, 0) is 26.7 Å². The van der Waals surface area contributed by atoms with Crippen molar-refractivity contribution < 1.29 is 9.53 Å². The number of carbonyl (C=O) groups excluding carboxylic acids is 1. The second-order valence-corrected chi connectivity index (χ2v) is 3.98. The van der Waals surface area contributed by atoms with Crippen molar-refractivity contribution in [3.63, 3.8) is 0 Å². The molecule has 0 aromatic heterocycles. The van der Waals surface area contributed by atoms with Gasteiger partial charge in [-0.3, -0.25) is 9.79 Å². The minimum atomic E-state index is -0.127. The Kier molecular flexibility index (Phi) is 4.75. The molecule has 4 heteroatoms. The Bertz CT molecular complexity index is 245. The fourth-order valence-corrected chi connectivity index (χ4v) is 1.55. The average Bonchev–Trinajstić information content (AvgIpc) is 2.28. The Morgan fingerprint density at radius 1 is 1.47 bits per heavy atom. The molecule has 1 aliphatic rings. The van der Waals surface area contributed by atoms with Gasteiger partial charge in [0.15, 0.2) is 0 Å². The SMILES string of the molecule is CN=C(C)C(C)C(=O)NC1CCOCC1. The zero-order chi connectivity index (χ0) is 11.3. The zero-order valence-corrected chi connectivity index (χ0v) is 9.75. The van der Waals surface area contributed by atoms with Crippen molar-refractivity contribution in [3.8, 4) is 0 Å². The Morgan fingerprint density at radius 3 is 2.60 bits per heavy atom. The van der Waals surface area contributed by atoms with Crippen LogP contribution in [-0.2, 0) is 9.53 Å². The van der Waals surface area contributed by atoms with Gasteiger partial charge < -0.3 is 10.1 Å². The first-order valence-electron chi connectivity index (χ1n) is 5.46. The van der Waals surface area contributed by atoms with Gasteiger partial charge in [0.25, 0.3) is 0 Å². The third kappa shape index (κ3) is 3.63. The molecule has 1 N–H and O–H groups in total. The predicted octanol–water partition coefficient (Wildman–Crippen LogP) is 1.01. The van der Waals surface area contributed by atoms with Crippen molar-refractivity contribution in [1.29, 1.82) is 0 Å². The summed E-state index contributed by atoms with van der Waals surface area (Å²) in [4.78, 5) is 15.8. The number of amides is 1. The van der Waals surface area contributed by atoms with Crippen LogP contribution in [-0.4, -0.2) is 37.9 Å². The second-order valence-electron chi connectivity index (χ2n) is 3.98. The third-order valence-corrected chi connectivity index (χ3v) is 2.94. The highest BCUT2D eigenvalue weighted by Crippen LogP contribution is 2.08. The van der Waals surface area contributed by atoms with Crippen molar-refractivity contribution in [2.75, 3.05) is 20.3 Å². The molecule has 1 heterocycles. The highest BCUT2D eigenvalue weighted by Gasteiger charge is 2.20. The molecule has 0 aromatic rings. The Hall–Kier alpha value is -0.900. The van der Waals surface area contributed by atoms with Gasteiger partial charge >= 0.3 is 0 Å². The van der Waals surface area contributed by atoms with Gasteiger partial charge in [0, 0.05) is 32.0 Å². The van der Waals surface area contributed by atoms with Crippen LogP contribution in [0.5, 0.6) is 0 Å². The normalized spacial score (nSPS) is 21.1. The fourth-order valence-electron chi connectivity index (χ4n) is 1.55. The molecule has 1 unspecified atom stereocenters. The molecule has 1 atom stereocenters. The molecule has 0 radical (unpaired) electrons. The molecular formula is C11H20N2O2. The molecule has 1 fully saturated rings. The lowest BCUT2D eigenvalue weighted by Gasteiger charge is -2.24. The van der Waals surface area contributed by atoms with E-state index in [1.165, 1.54) is 0 Å². The summed E-state index contributed by atoms with van der Waals surface area (Å²) < 4.78 is 5.24. The maximum atomic E-state index is 11.8. The molecule has 0 saturated carbocycles. The van der Waals surface area contributed by atoms with E-state index in [0.717, 1.165) is 31.8 Å². The molecule has 0 aliphatic carbocycles. The van der Waals surface area contributed by atoms with E-state index < -0.39 is 0 Å². The van der Waals surface area contributed by atoms with Gasteiger partial charge in [-0.15, -0.1) is 0 Å². The van der Waals surface area contributed by atoms with E-state index in [1.54, 1.807) is 7.05 Å². The largest absolute Gasteiger partial charge is 0.381 e. The van der Waals surface area contributed by atoms with Crippen LogP contribution >= 0.6 is 0 Å². The summed E-state index contributed by atoms with van der Waals surface area (Å²) >= 11 is 0. The minimum Gasteiger partial charge on any atom is -0.381 e. The summed E-state index contributed by atoms with van der Waals surface area (Å²) in [6, 6.07) is 0.276. The average molecular weight is 212 g/mol. The number of nitrogens with zero attached hydrogens (tertiary/aromatic N) is 1. The first-order valence-corrected chi connectivity index (χ1v) is 5.46. The number of hydrogen-bond acceptors (Lipinski definition) is 3. The molecule has 0 bridgehead atoms. The highest BCUT2D eigenvalue weighted by atomic mass is 16.5. The van der Waals surface area contributed by atoms with Gasteiger partial charge in [-0.2, -0.15) is 0 Å². The maximum Gasteiger partial charge on any atom is 0.228 e. The summed E-state index contributed by atoms with van der Waals surface area (Å²) in [7, 11) is 1.72. The number of aliphatic imine (C=N–C) groups is 1. The molecule has 1 amide bonds. The summed E-state index contributed by atoms with van der Waals surface area (Å²) in [6.07, 6.45) is 1.83. The minimum absolute atomic E-state index is 0.0741. The molecule has 0 aromatic carbocycles. The number of rotatable bonds is 3. The zero-order valence-electron chi connectivity index (χ0n) is 9.75. The maximum absolute atomic E-state index is 11.8. The highest BCUT2D eigenvalue weighted by molar-refractivity contribution is 6.02. The third-order valence-electron chi connectivity index (χ3n) is 2.94. The second kappa shape index (κ2) is 5.85. The number of ether oxygens (including phenoxy) is 1. The quantitative estimate of drug-likeness (QED) is 0.710. The van der Waals surface area contributed by atoms with Crippen LogP contribution in [0.25, 0.3) is 0 Å². The lowest BCUT2D eigenvalue weighted by atomic mass is 10.0. The molecule has 1 saturated heterocycles. The van der Waals surface area contributed by atoms with Crippen LogP contribution in [0.2, 0.25) is 0 Å². The molecule has 0 spiro atoms. The molecule has 15 heavy (non-hydrogen) atoms. The van der Waals surface area contributed by atoms with E-state index in [4.69, 9.17) is 4.74 Å². The van der Waals surface area contributed by atoms with Crippen molar-refractivity contribution in [2.45, 2.75) is 32.7 Å². The van der Waals surface area contributed by atoms with Crippen LogP contribution in [0.4, 0.5) is 0 Å². The van der Waals surface area contributed by atoms with E-state index in [9.17, 15) is 4.79 Å². The molecule has 4 nitrogen and oxygen atoms in total. The van der Waals surface area contributed by atoms with Crippen LogP contribution in [0.3, 0.4) is 0 Å². The van der Waals surface area contributed by atoms with E-state index in [0.29, 0.717) is 0 Å².